The van der Waals surface area contributed by atoms with Crippen LogP contribution in [0.15, 0.2) is 52.5 Å². The first kappa shape index (κ1) is 11.8. The first-order chi connectivity index (χ1) is 8.00. The standard InChI is InChI=1S/C13H13NO2S/c1-10-7-11(2)9-12(8-10)17(15,16)13-5-3-4-6-14-13/h3-9H,1-2H3. The topological polar surface area (TPSA) is 47.0 Å². The number of aryl methyl sites for hydroxylation is 2. The van der Waals surface area contributed by atoms with Crippen LogP contribution in [0.5, 0.6) is 0 Å². The summed E-state index contributed by atoms with van der Waals surface area (Å²) in [6, 6.07) is 10.1. The molecule has 0 atom stereocenters. The normalized spacial score (nSPS) is 11.4. The fourth-order valence-corrected chi connectivity index (χ4v) is 3.10. The van der Waals surface area contributed by atoms with Crippen LogP contribution in [-0.2, 0) is 9.84 Å². The van der Waals surface area contributed by atoms with Gasteiger partial charge in [0.05, 0.1) is 4.90 Å². The second-order valence-electron chi connectivity index (χ2n) is 3.99. The highest BCUT2D eigenvalue weighted by atomic mass is 32.2. The number of benzene rings is 1. The number of rotatable bonds is 2. The molecular formula is C13H13NO2S. The predicted octanol–water partition coefficient (Wildman–Crippen LogP) is 2.53. The van der Waals surface area contributed by atoms with E-state index in [0.717, 1.165) is 11.1 Å². The van der Waals surface area contributed by atoms with Gasteiger partial charge in [-0.15, -0.1) is 0 Å². The van der Waals surface area contributed by atoms with Crippen LogP contribution in [0.25, 0.3) is 0 Å². The Labute approximate surface area is 101 Å². The maximum absolute atomic E-state index is 12.3. The molecule has 3 nitrogen and oxygen atoms in total. The SMILES string of the molecule is Cc1cc(C)cc(S(=O)(=O)c2ccccn2)c1. The van der Waals surface area contributed by atoms with Gasteiger partial charge in [0.25, 0.3) is 0 Å². The molecule has 0 fully saturated rings. The van der Waals surface area contributed by atoms with Crippen LogP contribution in [-0.4, -0.2) is 13.4 Å². The molecule has 0 bridgehead atoms. The number of sulfone groups is 1. The first-order valence-corrected chi connectivity index (χ1v) is 6.73. The summed E-state index contributed by atoms with van der Waals surface area (Å²) in [6.07, 6.45) is 1.48. The Kier molecular flexibility index (Phi) is 2.98. The van der Waals surface area contributed by atoms with Crippen molar-refractivity contribution in [3.05, 3.63) is 53.7 Å². The summed E-state index contributed by atoms with van der Waals surface area (Å²) in [7, 11) is -3.50. The molecule has 0 N–H and O–H groups in total. The minimum Gasteiger partial charge on any atom is -0.244 e. The molecule has 0 aliphatic rings. The fourth-order valence-electron chi connectivity index (χ4n) is 1.71. The van der Waals surface area contributed by atoms with E-state index in [9.17, 15) is 8.42 Å². The van der Waals surface area contributed by atoms with Gasteiger partial charge in [0.2, 0.25) is 9.84 Å². The predicted molar refractivity (Wildman–Crippen MR) is 65.6 cm³/mol. The zero-order valence-corrected chi connectivity index (χ0v) is 10.5. The lowest BCUT2D eigenvalue weighted by molar-refractivity contribution is 0.592. The highest BCUT2D eigenvalue weighted by molar-refractivity contribution is 7.91. The number of hydrogen-bond acceptors (Lipinski definition) is 3. The molecule has 4 heteroatoms. The van der Waals surface area contributed by atoms with E-state index in [0.29, 0.717) is 4.90 Å². The molecule has 1 aromatic carbocycles. The second kappa shape index (κ2) is 4.30. The van der Waals surface area contributed by atoms with E-state index in [4.69, 9.17) is 0 Å². The van der Waals surface area contributed by atoms with Gasteiger partial charge in [-0.25, -0.2) is 13.4 Å². The van der Waals surface area contributed by atoms with Crippen LogP contribution in [0.2, 0.25) is 0 Å². The average Bonchev–Trinajstić information content (AvgIpc) is 2.29. The Morgan fingerprint density at radius 2 is 1.65 bits per heavy atom. The summed E-state index contributed by atoms with van der Waals surface area (Å²) < 4.78 is 24.6. The van der Waals surface area contributed by atoms with Crippen molar-refractivity contribution in [1.29, 1.82) is 0 Å². The molecule has 17 heavy (non-hydrogen) atoms. The van der Waals surface area contributed by atoms with Crippen molar-refractivity contribution >= 4 is 9.84 Å². The molecule has 0 saturated carbocycles. The van der Waals surface area contributed by atoms with Gasteiger partial charge in [0.1, 0.15) is 0 Å². The van der Waals surface area contributed by atoms with Crippen molar-refractivity contribution in [2.24, 2.45) is 0 Å². The van der Waals surface area contributed by atoms with Crippen LogP contribution in [0.1, 0.15) is 11.1 Å². The van der Waals surface area contributed by atoms with Crippen LogP contribution in [0, 0.1) is 13.8 Å². The summed E-state index contributed by atoms with van der Waals surface area (Å²) in [5, 5.41) is 0.0880. The minimum absolute atomic E-state index is 0.0880. The highest BCUT2D eigenvalue weighted by Gasteiger charge is 2.18. The van der Waals surface area contributed by atoms with Gasteiger partial charge in [0.15, 0.2) is 5.03 Å². The van der Waals surface area contributed by atoms with Crippen LogP contribution in [0.3, 0.4) is 0 Å². The molecule has 0 radical (unpaired) electrons. The third-order valence-electron chi connectivity index (χ3n) is 2.42. The lowest BCUT2D eigenvalue weighted by Gasteiger charge is -2.06. The monoisotopic (exact) mass is 247 g/mol. The molecule has 0 spiro atoms. The average molecular weight is 247 g/mol. The Hall–Kier alpha value is -1.68. The van der Waals surface area contributed by atoms with E-state index in [1.54, 1.807) is 24.3 Å². The van der Waals surface area contributed by atoms with Gasteiger partial charge in [-0.1, -0.05) is 12.1 Å². The molecule has 2 aromatic rings. The van der Waals surface area contributed by atoms with Crippen molar-refractivity contribution in [3.8, 4) is 0 Å². The lowest BCUT2D eigenvalue weighted by atomic mass is 10.2. The minimum atomic E-state index is -3.50. The number of pyridine rings is 1. The molecule has 0 aliphatic heterocycles. The zero-order chi connectivity index (χ0) is 12.5. The Morgan fingerprint density at radius 3 is 2.18 bits per heavy atom. The number of aromatic nitrogens is 1. The van der Waals surface area contributed by atoms with Gasteiger partial charge >= 0.3 is 0 Å². The lowest BCUT2D eigenvalue weighted by Crippen LogP contribution is -2.04. The van der Waals surface area contributed by atoms with Gasteiger partial charge in [-0.05, 0) is 49.2 Å². The molecule has 1 aromatic heterocycles. The molecule has 0 saturated heterocycles. The van der Waals surface area contributed by atoms with Crippen LogP contribution >= 0.6 is 0 Å². The fraction of sp³-hybridized carbons (Fsp3) is 0.154. The molecule has 88 valence electrons. The molecule has 0 aliphatic carbocycles. The molecule has 1 heterocycles. The van der Waals surface area contributed by atoms with Crippen molar-refractivity contribution < 1.29 is 8.42 Å². The molecular weight excluding hydrogens is 234 g/mol. The Morgan fingerprint density at radius 1 is 1.00 bits per heavy atom. The molecule has 2 rings (SSSR count). The van der Waals surface area contributed by atoms with Crippen LogP contribution in [0.4, 0.5) is 0 Å². The van der Waals surface area contributed by atoms with Crippen molar-refractivity contribution in [3.63, 3.8) is 0 Å². The first-order valence-electron chi connectivity index (χ1n) is 5.24. The quantitative estimate of drug-likeness (QED) is 0.819. The Bertz CT molecular complexity index is 613. The summed E-state index contributed by atoms with van der Waals surface area (Å²) in [4.78, 5) is 4.20. The molecule has 0 amide bonds. The van der Waals surface area contributed by atoms with Gasteiger partial charge in [-0.2, -0.15) is 0 Å². The zero-order valence-electron chi connectivity index (χ0n) is 9.71. The second-order valence-corrected chi connectivity index (χ2v) is 5.89. The van der Waals surface area contributed by atoms with Crippen molar-refractivity contribution in [2.45, 2.75) is 23.8 Å². The maximum atomic E-state index is 12.3. The van der Waals surface area contributed by atoms with Gasteiger partial charge in [0, 0.05) is 6.20 Å². The highest BCUT2D eigenvalue weighted by Crippen LogP contribution is 2.21. The summed E-state index contributed by atoms with van der Waals surface area (Å²) >= 11 is 0. The van der Waals surface area contributed by atoms with E-state index in [1.165, 1.54) is 12.3 Å². The smallest absolute Gasteiger partial charge is 0.223 e. The summed E-state index contributed by atoms with van der Waals surface area (Å²) in [5.41, 5.74) is 1.86. The third-order valence-corrected chi connectivity index (χ3v) is 4.07. The number of hydrogen-bond donors (Lipinski definition) is 0. The van der Waals surface area contributed by atoms with Gasteiger partial charge < -0.3 is 0 Å². The van der Waals surface area contributed by atoms with E-state index in [2.05, 4.69) is 4.98 Å². The van der Waals surface area contributed by atoms with E-state index < -0.39 is 9.84 Å². The van der Waals surface area contributed by atoms with E-state index in [-0.39, 0.29) is 5.03 Å². The maximum Gasteiger partial charge on any atom is 0.223 e. The summed E-state index contributed by atoms with van der Waals surface area (Å²) in [6.45, 7) is 3.76. The third kappa shape index (κ3) is 2.36. The largest absolute Gasteiger partial charge is 0.244 e. The van der Waals surface area contributed by atoms with E-state index in [1.807, 2.05) is 19.9 Å². The Balaban J connectivity index is 2.60. The van der Waals surface area contributed by atoms with E-state index >= 15 is 0 Å². The van der Waals surface area contributed by atoms with Crippen LogP contribution < -0.4 is 0 Å². The molecule has 0 unspecified atom stereocenters. The van der Waals surface area contributed by atoms with Crippen molar-refractivity contribution in [1.82, 2.24) is 4.98 Å². The number of nitrogens with zero attached hydrogens (tertiary/aromatic N) is 1. The van der Waals surface area contributed by atoms with Crippen molar-refractivity contribution in [2.75, 3.05) is 0 Å². The summed E-state index contributed by atoms with van der Waals surface area (Å²) in [5.74, 6) is 0. The van der Waals surface area contributed by atoms with Gasteiger partial charge in [-0.3, -0.25) is 0 Å².